The third kappa shape index (κ3) is 12.8. The Hall–Kier alpha value is -8.66. The predicted molar refractivity (Wildman–Crippen MR) is 278 cm³/mol. The minimum atomic E-state index is -1.05. The van der Waals surface area contributed by atoms with Crippen molar-refractivity contribution in [3.63, 3.8) is 0 Å². The minimum absolute atomic E-state index is 0.0238. The molecule has 7 heterocycles. The highest BCUT2D eigenvalue weighted by Crippen LogP contribution is 2.36. The van der Waals surface area contributed by atoms with Crippen LogP contribution in [-0.2, 0) is 17.8 Å². The van der Waals surface area contributed by atoms with Gasteiger partial charge in [0.1, 0.15) is 34.4 Å². The van der Waals surface area contributed by atoms with Crippen molar-refractivity contribution in [2.75, 3.05) is 60.1 Å². The SMILES string of the molecule is CC(C)c1cncc(NC(=O)N(c2ccc(Oc3ccnc(-c4cnn(CCO)c4)c3)cc2F)N(C(=O)Nc2cncc(C(C)C)c2)c2ccc(Oc3ccnc(-c4cnn(CCN5CCOCC5)c4)c3)cc2F)c1. The zero-order valence-corrected chi connectivity index (χ0v) is 41.7. The lowest BCUT2D eigenvalue weighted by Gasteiger charge is -2.35. The van der Waals surface area contributed by atoms with Crippen molar-refractivity contribution >= 4 is 34.8 Å². The molecule has 75 heavy (non-hydrogen) atoms. The Morgan fingerprint density at radius 2 is 1.09 bits per heavy atom. The predicted octanol–water partition coefficient (Wildman–Crippen LogP) is 10.1. The van der Waals surface area contributed by atoms with Crippen molar-refractivity contribution in [1.29, 1.82) is 0 Å². The topological polar surface area (TPSA) is 203 Å². The van der Waals surface area contributed by atoms with Crippen LogP contribution in [0.2, 0.25) is 0 Å². The highest BCUT2D eigenvalue weighted by atomic mass is 19.1. The first-order valence-electron chi connectivity index (χ1n) is 24.3. The summed E-state index contributed by atoms with van der Waals surface area (Å²) >= 11 is 0. The number of hydrazine groups is 1. The van der Waals surface area contributed by atoms with Gasteiger partial charge in [0.25, 0.3) is 0 Å². The molecule has 0 unspecified atom stereocenters. The maximum atomic E-state index is 17.1. The van der Waals surface area contributed by atoms with E-state index in [9.17, 15) is 14.7 Å². The summed E-state index contributed by atoms with van der Waals surface area (Å²) in [6.07, 6.45) is 16.1. The van der Waals surface area contributed by atoms with Crippen LogP contribution in [0.4, 0.5) is 41.1 Å². The maximum Gasteiger partial charge on any atom is 0.346 e. The first-order valence-corrected chi connectivity index (χ1v) is 24.3. The molecule has 0 aliphatic carbocycles. The van der Waals surface area contributed by atoms with E-state index < -0.39 is 35.1 Å². The average molecular weight is 1020 g/mol. The summed E-state index contributed by atoms with van der Waals surface area (Å²) in [6.45, 7) is 12.7. The van der Waals surface area contributed by atoms with E-state index in [0.717, 1.165) is 48.5 Å². The number of halogens is 2. The Labute approximate surface area is 431 Å². The molecule has 1 saturated heterocycles. The number of nitrogens with one attached hydrogen (secondary N) is 2. The zero-order chi connectivity index (χ0) is 52.4. The molecule has 0 saturated carbocycles. The van der Waals surface area contributed by atoms with E-state index in [2.05, 4.69) is 45.7 Å². The van der Waals surface area contributed by atoms with Crippen molar-refractivity contribution in [1.82, 2.24) is 44.4 Å². The Balaban J connectivity index is 1.05. The molecular formula is C54H55F2N13O6. The number of amides is 4. The van der Waals surface area contributed by atoms with Crippen LogP contribution in [0.1, 0.15) is 50.7 Å². The molecule has 8 aromatic rings. The highest BCUT2D eigenvalue weighted by molar-refractivity contribution is 6.13. The van der Waals surface area contributed by atoms with Crippen LogP contribution in [0.25, 0.3) is 22.5 Å². The minimum Gasteiger partial charge on any atom is -0.457 e. The number of hydrogen-bond acceptors (Lipinski definition) is 13. The summed E-state index contributed by atoms with van der Waals surface area (Å²) in [7, 11) is 0. The van der Waals surface area contributed by atoms with Crippen molar-refractivity contribution < 1.29 is 37.7 Å². The largest absolute Gasteiger partial charge is 0.457 e. The second-order valence-corrected chi connectivity index (χ2v) is 18.2. The van der Waals surface area contributed by atoms with Gasteiger partial charge in [-0.1, -0.05) is 27.7 Å². The summed E-state index contributed by atoms with van der Waals surface area (Å²) in [5, 5.41) is 25.0. The molecule has 386 valence electrons. The molecule has 0 radical (unpaired) electrons. The average Bonchev–Trinajstić information content (AvgIpc) is 4.09. The molecule has 3 N–H and O–H groups in total. The van der Waals surface area contributed by atoms with Gasteiger partial charge in [-0.3, -0.25) is 34.2 Å². The van der Waals surface area contributed by atoms with Gasteiger partial charge in [0.2, 0.25) is 0 Å². The number of pyridine rings is 4. The third-order valence-corrected chi connectivity index (χ3v) is 12.1. The number of aliphatic hydroxyl groups is 1. The molecule has 0 bridgehead atoms. The number of benzene rings is 2. The number of carbonyl (C=O) groups excluding carboxylic acids is 2. The van der Waals surface area contributed by atoms with Gasteiger partial charge in [-0.15, -0.1) is 0 Å². The number of urea groups is 2. The lowest BCUT2D eigenvalue weighted by molar-refractivity contribution is 0.0360. The molecule has 2 aromatic carbocycles. The number of rotatable bonds is 17. The second kappa shape index (κ2) is 23.5. The fourth-order valence-electron chi connectivity index (χ4n) is 8.04. The number of nitrogens with zero attached hydrogens (tertiary/aromatic N) is 11. The van der Waals surface area contributed by atoms with Crippen molar-refractivity contribution in [3.05, 3.63) is 158 Å². The van der Waals surface area contributed by atoms with Crippen molar-refractivity contribution in [2.24, 2.45) is 0 Å². The van der Waals surface area contributed by atoms with E-state index >= 15 is 8.78 Å². The van der Waals surface area contributed by atoms with Gasteiger partial charge in [-0.05, 0) is 71.5 Å². The smallest absolute Gasteiger partial charge is 0.346 e. The first kappa shape index (κ1) is 51.2. The summed E-state index contributed by atoms with van der Waals surface area (Å²) in [6, 6.07) is 15.2. The Kier molecular flexibility index (Phi) is 16.0. The number of anilines is 4. The van der Waals surface area contributed by atoms with E-state index in [0.29, 0.717) is 64.8 Å². The molecule has 6 aromatic heterocycles. The monoisotopic (exact) mass is 1020 g/mol. The second-order valence-electron chi connectivity index (χ2n) is 18.2. The van der Waals surface area contributed by atoms with Crippen LogP contribution < -0.4 is 30.1 Å². The number of morpholine rings is 1. The van der Waals surface area contributed by atoms with E-state index in [1.807, 2.05) is 38.6 Å². The molecule has 1 aliphatic heterocycles. The van der Waals surface area contributed by atoms with Gasteiger partial charge in [0, 0.05) is 92.2 Å². The molecule has 1 fully saturated rings. The van der Waals surface area contributed by atoms with Gasteiger partial charge >= 0.3 is 12.1 Å². The normalized spacial score (nSPS) is 12.7. The summed E-state index contributed by atoms with van der Waals surface area (Å²) in [5.41, 5.74) is 3.60. The van der Waals surface area contributed by atoms with Gasteiger partial charge in [-0.2, -0.15) is 20.2 Å². The number of aliphatic hydroxyl groups excluding tert-OH is 1. The van der Waals surface area contributed by atoms with Crippen LogP contribution in [0.3, 0.4) is 0 Å². The molecule has 19 nitrogen and oxygen atoms in total. The van der Waals surface area contributed by atoms with E-state index in [1.54, 1.807) is 78.3 Å². The van der Waals surface area contributed by atoms with Crippen LogP contribution in [0.15, 0.2) is 135 Å². The Morgan fingerprint density at radius 1 is 0.627 bits per heavy atom. The van der Waals surface area contributed by atoms with Crippen LogP contribution in [0, 0.1) is 11.6 Å². The number of hydrogen-bond donors (Lipinski definition) is 3. The van der Waals surface area contributed by atoms with Gasteiger partial charge in [0.05, 0.1) is 80.5 Å². The number of carbonyl (C=O) groups is 2. The van der Waals surface area contributed by atoms with Crippen LogP contribution >= 0.6 is 0 Å². The van der Waals surface area contributed by atoms with E-state index in [1.165, 1.54) is 42.9 Å². The molecule has 21 heteroatoms. The highest BCUT2D eigenvalue weighted by Gasteiger charge is 2.34. The molecule has 4 amide bonds. The van der Waals surface area contributed by atoms with E-state index in [4.69, 9.17) is 14.2 Å². The summed E-state index contributed by atoms with van der Waals surface area (Å²) < 4.78 is 55.2. The lowest BCUT2D eigenvalue weighted by atomic mass is 10.1. The van der Waals surface area contributed by atoms with Gasteiger partial charge < -0.3 is 30.0 Å². The van der Waals surface area contributed by atoms with Gasteiger partial charge in [0.15, 0.2) is 11.6 Å². The van der Waals surface area contributed by atoms with E-state index in [-0.39, 0.29) is 41.3 Å². The quantitative estimate of drug-likeness (QED) is 0.0728. The maximum absolute atomic E-state index is 17.1. The molecule has 1 aliphatic rings. The fraction of sp³-hybridized carbons (Fsp3) is 0.259. The standard InChI is InChI=1S/C54H55F2N13O6/c1-35(2)37-21-41(31-57-27-37)63-53(71)68(51-7-5-43(23-47(51)55)74-45-9-11-59-49(25-45)39-29-61-66(33-39)14-13-65-16-19-73-20-17-65)69(54(72)64-42-22-38(36(3)4)28-58-32-42)52-8-6-44(24-48(52)56)75-46-10-12-60-50(26-46)40-30-62-67(34-40)15-18-70/h5-12,21-36,70H,13-20H2,1-4H3,(H,63,71)(H,64,72). The van der Waals surface area contributed by atoms with Crippen LogP contribution in [0.5, 0.6) is 23.0 Å². The van der Waals surface area contributed by atoms with Crippen LogP contribution in [-0.4, -0.2) is 101 Å². The van der Waals surface area contributed by atoms with Crippen molar-refractivity contribution in [2.45, 2.75) is 52.6 Å². The molecular weight excluding hydrogens is 965 g/mol. The first-order chi connectivity index (χ1) is 36.4. The summed E-state index contributed by atoms with van der Waals surface area (Å²) in [5.74, 6) is -1.28. The van der Waals surface area contributed by atoms with Gasteiger partial charge in [-0.25, -0.2) is 18.4 Å². The van der Waals surface area contributed by atoms with Crippen molar-refractivity contribution in [3.8, 4) is 45.5 Å². The zero-order valence-electron chi connectivity index (χ0n) is 41.7. The lowest BCUT2D eigenvalue weighted by Crippen LogP contribution is -2.54. The molecule has 9 rings (SSSR count). The molecule has 0 atom stereocenters. The third-order valence-electron chi connectivity index (χ3n) is 12.1. The number of aromatic nitrogens is 8. The Morgan fingerprint density at radius 3 is 1.55 bits per heavy atom. The summed E-state index contributed by atoms with van der Waals surface area (Å²) in [4.78, 5) is 49.6. The number of ether oxygens (including phenoxy) is 3. The molecule has 0 spiro atoms. The Bertz CT molecular complexity index is 3270. The fourth-order valence-corrected chi connectivity index (χ4v) is 8.04.